The van der Waals surface area contributed by atoms with Crippen molar-refractivity contribution in [1.82, 2.24) is 15.1 Å². The number of aromatic nitrogens is 2. The minimum absolute atomic E-state index is 0. The van der Waals surface area contributed by atoms with Crippen molar-refractivity contribution in [2.45, 2.75) is 39.9 Å². The summed E-state index contributed by atoms with van der Waals surface area (Å²) in [7, 11) is 0. The molecule has 0 fully saturated rings. The van der Waals surface area contributed by atoms with Gasteiger partial charge in [0, 0.05) is 17.8 Å². The molecule has 120 valence electrons. The van der Waals surface area contributed by atoms with Crippen LogP contribution in [-0.4, -0.2) is 21.7 Å². The SMILES string of the molecule is Cc1nn(Cc2ccccc2)c(C)c1CNC(=O)[C@@H](C)N.Cl. The summed E-state index contributed by atoms with van der Waals surface area (Å²) in [6.07, 6.45) is 0. The van der Waals surface area contributed by atoms with Gasteiger partial charge in [-0.15, -0.1) is 12.4 Å². The Balaban J connectivity index is 0.00000242. The molecule has 5 nitrogen and oxygen atoms in total. The Hall–Kier alpha value is -1.85. The van der Waals surface area contributed by atoms with E-state index >= 15 is 0 Å². The minimum Gasteiger partial charge on any atom is -0.351 e. The summed E-state index contributed by atoms with van der Waals surface area (Å²) in [5, 5.41) is 7.40. The summed E-state index contributed by atoms with van der Waals surface area (Å²) in [5.74, 6) is -0.149. The Morgan fingerprint density at radius 3 is 2.55 bits per heavy atom. The highest BCUT2D eigenvalue weighted by atomic mass is 35.5. The smallest absolute Gasteiger partial charge is 0.236 e. The van der Waals surface area contributed by atoms with Gasteiger partial charge in [0.2, 0.25) is 5.91 Å². The lowest BCUT2D eigenvalue weighted by atomic mass is 10.2. The molecule has 1 amide bonds. The minimum atomic E-state index is -0.495. The Morgan fingerprint density at radius 1 is 1.32 bits per heavy atom. The lowest BCUT2D eigenvalue weighted by Crippen LogP contribution is -2.38. The zero-order valence-electron chi connectivity index (χ0n) is 13.2. The lowest BCUT2D eigenvalue weighted by molar-refractivity contribution is -0.122. The van der Waals surface area contributed by atoms with Crippen LogP contribution in [0.5, 0.6) is 0 Å². The van der Waals surface area contributed by atoms with Crippen molar-refractivity contribution >= 4 is 18.3 Å². The van der Waals surface area contributed by atoms with Crippen LogP contribution in [0.1, 0.15) is 29.4 Å². The van der Waals surface area contributed by atoms with E-state index < -0.39 is 6.04 Å². The number of amides is 1. The molecule has 2 rings (SSSR count). The van der Waals surface area contributed by atoms with E-state index in [-0.39, 0.29) is 18.3 Å². The monoisotopic (exact) mass is 322 g/mol. The molecule has 0 aliphatic rings. The van der Waals surface area contributed by atoms with Crippen molar-refractivity contribution < 1.29 is 4.79 Å². The van der Waals surface area contributed by atoms with E-state index in [1.807, 2.05) is 36.7 Å². The third-order valence-electron chi connectivity index (χ3n) is 3.56. The van der Waals surface area contributed by atoms with Gasteiger partial charge in [-0.05, 0) is 26.3 Å². The normalized spacial score (nSPS) is 11.6. The van der Waals surface area contributed by atoms with Gasteiger partial charge in [-0.3, -0.25) is 9.48 Å². The maximum absolute atomic E-state index is 11.6. The summed E-state index contributed by atoms with van der Waals surface area (Å²) in [5.41, 5.74) is 9.82. The van der Waals surface area contributed by atoms with Gasteiger partial charge in [-0.25, -0.2) is 0 Å². The van der Waals surface area contributed by atoms with Gasteiger partial charge in [-0.1, -0.05) is 30.3 Å². The second-order valence-electron chi connectivity index (χ2n) is 5.30. The molecular formula is C16H23ClN4O. The number of aryl methyl sites for hydroxylation is 1. The standard InChI is InChI=1S/C16H22N4O.ClH/c1-11(17)16(21)18-9-15-12(2)19-20(13(15)3)10-14-7-5-4-6-8-14;/h4-8,11H,9-10,17H2,1-3H3,(H,18,21);1H/t11-;/m1./s1. The second-order valence-corrected chi connectivity index (χ2v) is 5.30. The molecule has 1 aromatic heterocycles. The summed E-state index contributed by atoms with van der Waals surface area (Å²) in [4.78, 5) is 11.6. The number of benzene rings is 1. The van der Waals surface area contributed by atoms with Crippen LogP contribution in [0, 0.1) is 13.8 Å². The van der Waals surface area contributed by atoms with Crippen LogP contribution in [0.4, 0.5) is 0 Å². The molecule has 0 saturated carbocycles. The van der Waals surface area contributed by atoms with E-state index in [1.54, 1.807) is 6.92 Å². The lowest BCUT2D eigenvalue weighted by Gasteiger charge is -2.09. The average Bonchev–Trinajstić information content (AvgIpc) is 2.72. The molecule has 0 saturated heterocycles. The Kier molecular flexibility index (Phi) is 6.59. The first-order valence-electron chi connectivity index (χ1n) is 7.09. The molecule has 3 N–H and O–H groups in total. The van der Waals surface area contributed by atoms with Crippen LogP contribution < -0.4 is 11.1 Å². The van der Waals surface area contributed by atoms with E-state index in [4.69, 9.17) is 5.73 Å². The first-order chi connectivity index (χ1) is 9.99. The molecule has 2 aromatic rings. The van der Waals surface area contributed by atoms with E-state index in [1.165, 1.54) is 5.56 Å². The summed E-state index contributed by atoms with van der Waals surface area (Å²) >= 11 is 0. The quantitative estimate of drug-likeness (QED) is 0.883. The highest BCUT2D eigenvalue weighted by Gasteiger charge is 2.14. The van der Waals surface area contributed by atoms with Crippen LogP contribution in [-0.2, 0) is 17.9 Å². The molecule has 1 heterocycles. The molecule has 22 heavy (non-hydrogen) atoms. The fraction of sp³-hybridized carbons (Fsp3) is 0.375. The third kappa shape index (κ3) is 4.32. The van der Waals surface area contributed by atoms with E-state index in [0.717, 1.165) is 23.5 Å². The molecule has 0 radical (unpaired) electrons. The predicted octanol–water partition coefficient (Wildman–Crippen LogP) is 1.93. The van der Waals surface area contributed by atoms with E-state index in [2.05, 4.69) is 22.5 Å². The zero-order chi connectivity index (χ0) is 15.4. The Bertz CT molecular complexity index is 623. The number of hydrogen-bond donors (Lipinski definition) is 2. The molecule has 0 spiro atoms. The number of rotatable bonds is 5. The molecule has 0 aliphatic carbocycles. The fourth-order valence-electron chi connectivity index (χ4n) is 2.24. The van der Waals surface area contributed by atoms with Gasteiger partial charge >= 0.3 is 0 Å². The van der Waals surface area contributed by atoms with Gasteiger partial charge in [0.25, 0.3) is 0 Å². The summed E-state index contributed by atoms with van der Waals surface area (Å²) in [6, 6.07) is 9.70. The Labute approximate surface area is 137 Å². The van der Waals surface area contributed by atoms with Gasteiger partial charge in [0.05, 0.1) is 18.3 Å². The number of nitrogens with one attached hydrogen (secondary N) is 1. The zero-order valence-corrected chi connectivity index (χ0v) is 14.0. The molecular weight excluding hydrogens is 300 g/mol. The molecule has 1 aromatic carbocycles. The number of halogens is 1. The number of carbonyl (C=O) groups excluding carboxylic acids is 1. The van der Waals surface area contributed by atoms with E-state index in [0.29, 0.717) is 6.54 Å². The fourth-order valence-corrected chi connectivity index (χ4v) is 2.24. The van der Waals surface area contributed by atoms with Gasteiger partial charge in [0.15, 0.2) is 0 Å². The largest absolute Gasteiger partial charge is 0.351 e. The number of nitrogens with two attached hydrogens (primary N) is 1. The van der Waals surface area contributed by atoms with Crippen molar-refractivity contribution in [2.75, 3.05) is 0 Å². The topological polar surface area (TPSA) is 72.9 Å². The summed E-state index contributed by atoms with van der Waals surface area (Å²) < 4.78 is 1.97. The van der Waals surface area contributed by atoms with Crippen LogP contribution in [0.15, 0.2) is 30.3 Å². The van der Waals surface area contributed by atoms with Crippen LogP contribution in [0.3, 0.4) is 0 Å². The second kappa shape index (κ2) is 7.96. The van der Waals surface area contributed by atoms with E-state index in [9.17, 15) is 4.79 Å². The third-order valence-corrected chi connectivity index (χ3v) is 3.56. The highest BCUT2D eigenvalue weighted by molar-refractivity contribution is 5.85. The Morgan fingerprint density at radius 2 is 1.95 bits per heavy atom. The number of carbonyl (C=O) groups is 1. The molecule has 0 unspecified atom stereocenters. The number of nitrogens with zero attached hydrogens (tertiary/aromatic N) is 2. The van der Waals surface area contributed by atoms with Crippen LogP contribution in [0.25, 0.3) is 0 Å². The first kappa shape index (κ1) is 18.2. The predicted molar refractivity (Wildman–Crippen MR) is 90.0 cm³/mol. The van der Waals surface area contributed by atoms with Gasteiger partial charge < -0.3 is 11.1 Å². The maximum atomic E-state index is 11.6. The molecule has 6 heteroatoms. The van der Waals surface area contributed by atoms with Gasteiger partial charge in [-0.2, -0.15) is 5.10 Å². The first-order valence-corrected chi connectivity index (χ1v) is 7.09. The van der Waals surface area contributed by atoms with Crippen LogP contribution in [0.2, 0.25) is 0 Å². The van der Waals surface area contributed by atoms with Crippen molar-refractivity contribution in [2.24, 2.45) is 5.73 Å². The van der Waals surface area contributed by atoms with Crippen molar-refractivity contribution in [1.29, 1.82) is 0 Å². The number of hydrogen-bond acceptors (Lipinski definition) is 3. The summed E-state index contributed by atoms with van der Waals surface area (Å²) in [6.45, 7) is 6.85. The average molecular weight is 323 g/mol. The molecule has 1 atom stereocenters. The highest BCUT2D eigenvalue weighted by Crippen LogP contribution is 2.14. The van der Waals surface area contributed by atoms with Gasteiger partial charge in [0.1, 0.15) is 0 Å². The molecule has 0 bridgehead atoms. The maximum Gasteiger partial charge on any atom is 0.236 e. The van der Waals surface area contributed by atoms with Crippen LogP contribution >= 0.6 is 12.4 Å². The van der Waals surface area contributed by atoms with Crippen molar-refractivity contribution in [3.63, 3.8) is 0 Å². The van der Waals surface area contributed by atoms with Crippen molar-refractivity contribution in [3.8, 4) is 0 Å². The van der Waals surface area contributed by atoms with Crippen molar-refractivity contribution in [3.05, 3.63) is 52.8 Å². The molecule has 0 aliphatic heterocycles.